The van der Waals surface area contributed by atoms with Crippen LogP contribution in [0.5, 0.6) is 0 Å². The number of hydrogen-bond acceptors (Lipinski definition) is 4. The van der Waals surface area contributed by atoms with Crippen molar-refractivity contribution in [1.29, 1.82) is 0 Å². The molecular weight excluding hydrogens is 359 g/mol. The Labute approximate surface area is 154 Å². The molecule has 0 fully saturated rings. The zero-order valence-corrected chi connectivity index (χ0v) is 14.5. The molecule has 2 heterocycles. The predicted molar refractivity (Wildman–Crippen MR) is 96.2 cm³/mol. The minimum absolute atomic E-state index is 0.0770. The van der Waals surface area contributed by atoms with Gasteiger partial charge in [-0.1, -0.05) is 24.3 Å². The van der Waals surface area contributed by atoms with Gasteiger partial charge < -0.3 is 15.2 Å². The molecule has 26 heavy (non-hydrogen) atoms. The van der Waals surface area contributed by atoms with Crippen LogP contribution >= 0.6 is 11.6 Å². The number of nitrogens with two attached hydrogens (primary N) is 1. The molecule has 1 aliphatic heterocycles. The van der Waals surface area contributed by atoms with Gasteiger partial charge in [-0.25, -0.2) is 9.38 Å². The van der Waals surface area contributed by atoms with Gasteiger partial charge in [0.05, 0.1) is 17.1 Å². The van der Waals surface area contributed by atoms with E-state index in [4.69, 9.17) is 17.3 Å². The van der Waals surface area contributed by atoms with E-state index in [-0.39, 0.29) is 28.9 Å². The minimum Gasteiger partial charge on any atom is -0.381 e. The smallest absolute Gasteiger partial charge is 0.255 e. The third-order valence-corrected chi connectivity index (χ3v) is 4.18. The highest BCUT2D eigenvalue weighted by molar-refractivity contribution is 6.33. The monoisotopic (exact) mass is 374 g/mol. The number of rotatable bonds is 4. The molecule has 0 radical (unpaired) electrons. The van der Waals surface area contributed by atoms with Crippen molar-refractivity contribution in [2.24, 2.45) is 10.7 Å². The van der Waals surface area contributed by atoms with Crippen molar-refractivity contribution >= 4 is 23.3 Å². The number of carbonyl (C=O) groups excluding carboxylic acids is 1. The summed E-state index contributed by atoms with van der Waals surface area (Å²) in [6.07, 6.45) is 4.74. The fourth-order valence-electron chi connectivity index (χ4n) is 2.60. The molecule has 0 saturated heterocycles. The Kier molecular flexibility index (Phi) is 5.13. The predicted octanol–water partition coefficient (Wildman–Crippen LogP) is 2.13. The lowest BCUT2D eigenvalue weighted by Gasteiger charge is -2.28. The molecule has 9 heteroatoms. The van der Waals surface area contributed by atoms with Crippen LogP contribution in [-0.4, -0.2) is 38.0 Å². The van der Waals surface area contributed by atoms with Crippen molar-refractivity contribution in [2.75, 3.05) is 6.54 Å². The van der Waals surface area contributed by atoms with Crippen LogP contribution in [0.15, 0.2) is 48.1 Å². The van der Waals surface area contributed by atoms with E-state index in [0.29, 0.717) is 24.7 Å². The van der Waals surface area contributed by atoms with Gasteiger partial charge in [0.15, 0.2) is 17.5 Å². The molecule has 2 N–H and O–H groups in total. The molecule has 0 atom stereocenters. The number of aliphatic imine (C=N–C) groups is 1. The highest BCUT2D eigenvalue weighted by atomic mass is 35.5. The number of allylic oxidation sites excluding steroid dienone is 2. The van der Waals surface area contributed by atoms with Crippen LogP contribution in [0.25, 0.3) is 0 Å². The van der Waals surface area contributed by atoms with Gasteiger partial charge in [-0.15, -0.1) is 10.2 Å². The van der Waals surface area contributed by atoms with Crippen molar-refractivity contribution < 1.29 is 9.18 Å². The number of benzene rings is 1. The van der Waals surface area contributed by atoms with E-state index in [9.17, 15) is 9.18 Å². The first-order valence-corrected chi connectivity index (χ1v) is 8.16. The minimum atomic E-state index is -0.491. The second-order valence-electron chi connectivity index (χ2n) is 5.53. The maximum Gasteiger partial charge on any atom is 0.255 e. The van der Waals surface area contributed by atoms with Gasteiger partial charge in [-0.2, -0.15) is 0 Å². The summed E-state index contributed by atoms with van der Waals surface area (Å²) in [6.45, 7) is 4.68. The van der Waals surface area contributed by atoms with E-state index < -0.39 is 5.82 Å². The molecule has 134 valence electrons. The van der Waals surface area contributed by atoms with E-state index in [1.54, 1.807) is 17.1 Å². The summed E-state index contributed by atoms with van der Waals surface area (Å²) < 4.78 is 15.0. The van der Waals surface area contributed by atoms with Crippen LogP contribution in [0, 0.1) is 5.82 Å². The van der Waals surface area contributed by atoms with E-state index in [1.165, 1.54) is 18.3 Å². The standard InChI is InChI=1S/C17H16ClFN6O/c1-2-3-6-21-15(20)16-23-22-14-10-24(7-8-25(14)16)17(26)12-5-4-11(19)9-13(12)18/h2-6,9H,1,7-8,10H2,(H2,20,21)/b6-3-. The molecule has 1 amide bonds. The van der Waals surface area contributed by atoms with Gasteiger partial charge in [0.1, 0.15) is 5.82 Å². The number of carbonyl (C=O) groups is 1. The quantitative estimate of drug-likeness (QED) is 0.504. The number of amidine groups is 1. The number of nitrogens with zero attached hydrogens (tertiary/aromatic N) is 5. The van der Waals surface area contributed by atoms with Crippen LogP contribution in [0.3, 0.4) is 0 Å². The number of hydrogen-bond donors (Lipinski definition) is 1. The lowest BCUT2D eigenvalue weighted by atomic mass is 10.2. The highest BCUT2D eigenvalue weighted by Crippen LogP contribution is 2.21. The topological polar surface area (TPSA) is 89.4 Å². The fraction of sp³-hybridized carbons (Fsp3) is 0.176. The van der Waals surface area contributed by atoms with E-state index >= 15 is 0 Å². The molecule has 2 aromatic rings. The maximum absolute atomic E-state index is 13.2. The van der Waals surface area contributed by atoms with Gasteiger partial charge in [0, 0.05) is 19.3 Å². The van der Waals surface area contributed by atoms with Crippen molar-refractivity contribution in [3.05, 3.63) is 71.2 Å². The van der Waals surface area contributed by atoms with Gasteiger partial charge in [0.2, 0.25) is 0 Å². The first kappa shape index (κ1) is 17.8. The summed E-state index contributed by atoms with van der Waals surface area (Å²) in [6, 6.07) is 3.70. The molecule has 3 rings (SSSR count). The molecule has 1 aromatic carbocycles. The SMILES string of the molecule is C=C/C=C\N=C(N)c1nnc2n1CCN(C(=O)c1ccc(F)cc1Cl)C2. The highest BCUT2D eigenvalue weighted by Gasteiger charge is 2.27. The largest absolute Gasteiger partial charge is 0.381 e. The van der Waals surface area contributed by atoms with Gasteiger partial charge >= 0.3 is 0 Å². The molecule has 0 aliphatic carbocycles. The van der Waals surface area contributed by atoms with Gasteiger partial charge in [-0.05, 0) is 24.3 Å². The zero-order valence-electron chi connectivity index (χ0n) is 13.8. The molecule has 1 aromatic heterocycles. The van der Waals surface area contributed by atoms with Crippen LogP contribution < -0.4 is 5.73 Å². The summed E-state index contributed by atoms with van der Waals surface area (Å²) in [7, 11) is 0. The summed E-state index contributed by atoms with van der Waals surface area (Å²) in [5, 5.41) is 8.22. The third kappa shape index (κ3) is 3.50. The number of aromatic nitrogens is 3. The molecule has 0 saturated carbocycles. The first-order valence-electron chi connectivity index (χ1n) is 7.79. The van der Waals surface area contributed by atoms with Gasteiger partial charge in [-0.3, -0.25) is 4.79 Å². The Balaban J connectivity index is 1.80. The lowest BCUT2D eigenvalue weighted by Crippen LogP contribution is -2.39. The second kappa shape index (κ2) is 7.49. The Morgan fingerprint density at radius 3 is 2.92 bits per heavy atom. The van der Waals surface area contributed by atoms with Gasteiger partial charge in [0.25, 0.3) is 5.91 Å². The first-order chi connectivity index (χ1) is 12.5. The lowest BCUT2D eigenvalue weighted by molar-refractivity contribution is 0.0707. The van der Waals surface area contributed by atoms with E-state index in [2.05, 4.69) is 21.8 Å². The number of amides is 1. The van der Waals surface area contributed by atoms with Crippen molar-refractivity contribution in [1.82, 2.24) is 19.7 Å². The number of halogens is 2. The normalized spacial score (nSPS) is 14.5. The fourth-order valence-corrected chi connectivity index (χ4v) is 2.84. The van der Waals surface area contributed by atoms with Crippen LogP contribution in [0.4, 0.5) is 4.39 Å². The molecular formula is C17H16ClFN6O. The Morgan fingerprint density at radius 1 is 1.38 bits per heavy atom. The van der Waals surface area contributed by atoms with Crippen molar-refractivity contribution in [2.45, 2.75) is 13.1 Å². The second-order valence-corrected chi connectivity index (χ2v) is 5.94. The summed E-state index contributed by atoms with van der Waals surface area (Å²) in [5.74, 6) is 0.476. The van der Waals surface area contributed by atoms with Crippen molar-refractivity contribution in [3.8, 4) is 0 Å². The Morgan fingerprint density at radius 2 is 2.19 bits per heavy atom. The maximum atomic E-state index is 13.2. The molecule has 1 aliphatic rings. The van der Waals surface area contributed by atoms with Crippen LogP contribution in [0.1, 0.15) is 22.0 Å². The van der Waals surface area contributed by atoms with E-state index in [1.807, 2.05) is 4.57 Å². The van der Waals surface area contributed by atoms with E-state index in [0.717, 1.165) is 6.07 Å². The summed E-state index contributed by atoms with van der Waals surface area (Å²) >= 11 is 5.98. The molecule has 0 unspecified atom stereocenters. The third-order valence-electron chi connectivity index (χ3n) is 3.87. The Hall–Kier alpha value is -3.00. The summed E-state index contributed by atoms with van der Waals surface area (Å²) in [5.41, 5.74) is 6.18. The molecule has 0 bridgehead atoms. The average Bonchev–Trinajstić information content (AvgIpc) is 3.04. The average molecular weight is 375 g/mol. The van der Waals surface area contributed by atoms with Crippen LogP contribution in [0.2, 0.25) is 5.02 Å². The Bertz CT molecular complexity index is 920. The van der Waals surface area contributed by atoms with Crippen LogP contribution in [-0.2, 0) is 13.1 Å². The summed E-state index contributed by atoms with van der Waals surface area (Å²) in [4.78, 5) is 18.3. The zero-order chi connectivity index (χ0) is 18.7. The number of fused-ring (bicyclic) bond motifs is 1. The molecule has 7 nitrogen and oxygen atoms in total. The molecule has 0 spiro atoms. The van der Waals surface area contributed by atoms with Crippen molar-refractivity contribution in [3.63, 3.8) is 0 Å².